The van der Waals surface area contributed by atoms with Crippen LogP contribution >= 0.6 is 0 Å². The molecule has 8 heteroatoms. The Hall–Kier alpha value is -3.78. The Morgan fingerprint density at radius 2 is 2.00 bits per heavy atom. The fourth-order valence-corrected chi connectivity index (χ4v) is 2.86. The fraction of sp³-hybridized carbons (Fsp3) is 0.250. The molecule has 0 aliphatic heterocycles. The number of terminal acetylenes is 1. The van der Waals surface area contributed by atoms with Crippen molar-refractivity contribution in [2.75, 3.05) is 7.11 Å². The molecule has 0 fully saturated rings. The SMILES string of the molecule is C#CCn1c(=O)c2c(nc(C#Cc3ccc(OC)c(F)c3)n2C)n(CC)c1=O. The lowest BCUT2D eigenvalue weighted by Gasteiger charge is -2.07. The standard InChI is InChI=1S/C20H17FN4O3/c1-5-11-25-19(26)17-18(24(6-2)20(25)27)22-16(23(17)3)10-8-13-7-9-15(28-4)14(21)12-13/h1,7,9,12H,6,11H2,2-4H3. The number of benzene rings is 1. The van der Waals surface area contributed by atoms with Crippen LogP contribution in [-0.2, 0) is 20.1 Å². The van der Waals surface area contributed by atoms with Gasteiger partial charge in [-0.2, -0.15) is 0 Å². The van der Waals surface area contributed by atoms with Crippen LogP contribution in [0, 0.1) is 30.0 Å². The van der Waals surface area contributed by atoms with E-state index in [1.807, 2.05) is 0 Å². The van der Waals surface area contributed by atoms with Crippen LogP contribution in [0.2, 0.25) is 0 Å². The Balaban J connectivity index is 2.20. The highest BCUT2D eigenvalue weighted by atomic mass is 19.1. The van der Waals surface area contributed by atoms with E-state index in [1.165, 1.54) is 28.4 Å². The first-order chi connectivity index (χ1) is 13.4. The molecule has 2 aromatic heterocycles. The Morgan fingerprint density at radius 3 is 2.61 bits per heavy atom. The molecule has 28 heavy (non-hydrogen) atoms. The smallest absolute Gasteiger partial charge is 0.333 e. The molecule has 0 spiro atoms. The molecular weight excluding hydrogens is 363 g/mol. The number of hydrogen-bond donors (Lipinski definition) is 0. The summed E-state index contributed by atoms with van der Waals surface area (Å²) in [7, 11) is 3.00. The average molecular weight is 380 g/mol. The van der Waals surface area contributed by atoms with Gasteiger partial charge >= 0.3 is 5.69 Å². The van der Waals surface area contributed by atoms with E-state index in [9.17, 15) is 14.0 Å². The molecule has 0 atom stereocenters. The Labute approximate surface area is 160 Å². The van der Waals surface area contributed by atoms with Crippen LogP contribution in [0.25, 0.3) is 11.2 Å². The van der Waals surface area contributed by atoms with Gasteiger partial charge in [0.05, 0.1) is 13.7 Å². The van der Waals surface area contributed by atoms with Crippen LogP contribution in [0.4, 0.5) is 4.39 Å². The highest BCUT2D eigenvalue weighted by Crippen LogP contribution is 2.17. The van der Waals surface area contributed by atoms with Gasteiger partial charge in [0, 0.05) is 19.2 Å². The summed E-state index contributed by atoms with van der Waals surface area (Å²) in [4.78, 5) is 29.6. The van der Waals surface area contributed by atoms with Gasteiger partial charge in [0.15, 0.2) is 28.6 Å². The maximum absolute atomic E-state index is 13.8. The molecule has 0 bridgehead atoms. The molecule has 0 N–H and O–H groups in total. The topological polar surface area (TPSA) is 71.1 Å². The van der Waals surface area contributed by atoms with Crippen molar-refractivity contribution >= 4 is 11.2 Å². The minimum atomic E-state index is -0.531. The van der Waals surface area contributed by atoms with Crippen LogP contribution in [0.15, 0.2) is 27.8 Å². The Bertz CT molecular complexity index is 1300. The number of methoxy groups -OCH3 is 1. The molecule has 1 aromatic carbocycles. The molecule has 0 unspecified atom stereocenters. The van der Waals surface area contributed by atoms with E-state index in [-0.39, 0.29) is 29.3 Å². The van der Waals surface area contributed by atoms with E-state index >= 15 is 0 Å². The second-order valence-electron chi connectivity index (χ2n) is 5.89. The first kappa shape index (κ1) is 19.0. The molecule has 0 radical (unpaired) electrons. The van der Waals surface area contributed by atoms with E-state index in [1.54, 1.807) is 20.0 Å². The quantitative estimate of drug-likeness (QED) is 0.638. The van der Waals surface area contributed by atoms with E-state index in [2.05, 4.69) is 22.7 Å². The molecule has 3 rings (SSSR count). The molecule has 2 heterocycles. The van der Waals surface area contributed by atoms with E-state index in [4.69, 9.17) is 11.2 Å². The maximum Gasteiger partial charge on any atom is 0.333 e. The zero-order valence-electron chi connectivity index (χ0n) is 15.6. The number of halogens is 1. The number of hydrogen-bond acceptors (Lipinski definition) is 4. The van der Waals surface area contributed by atoms with Crippen molar-refractivity contribution in [3.8, 4) is 29.9 Å². The highest BCUT2D eigenvalue weighted by molar-refractivity contribution is 5.72. The van der Waals surface area contributed by atoms with Gasteiger partial charge in [-0.25, -0.2) is 18.7 Å². The van der Waals surface area contributed by atoms with Crippen LogP contribution in [-0.4, -0.2) is 25.8 Å². The fourth-order valence-electron chi connectivity index (χ4n) is 2.86. The first-order valence-corrected chi connectivity index (χ1v) is 8.42. The zero-order chi connectivity index (χ0) is 20.4. The number of ether oxygens (including phenoxy) is 1. The van der Waals surface area contributed by atoms with Crippen LogP contribution in [0.5, 0.6) is 5.75 Å². The molecule has 0 saturated carbocycles. The van der Waals surface area contributed by atoms with E-state index < -0.39 is 17.1 Å². The largest absolute Gasteiger partial charge is 0.494 e. The third-order valence-corrected chi connectivity index (χ3v) is 4.28. The summed E-state index contributed by atoms with van der Waals surface area (Å²) in [5.74, 6) is 7.80. The monoisotopic (exact) mass is 380 g/mol. The van der Waals surface area contributed by atoms with Crippen molar-refractivity contribution in [1.82, 2.24) is 18.7 Å². The minimum absolute atomic E-state index is 0.120. The number of imidazole rings is 1. The van der Waals surface area contributed by atoms with Gasteiger partial charge in [-0.3, -0.25) is 9.36 Å². The maximum atomic E-state index is 13.8. The molecule has 0 amide bonds. The molecule has 3 aromatic rings. The van der Waals surface area contributed by atoms with Crippen molar-refractivity contribution in [1.29, 1.82) is 0 Å². The van der Waals surface area contributed by atoms with Crippen molar-refractivity contribution in [2.24, 2.45) is 7.05 Å². The minimum Gasteiger partial charge on any atom is -0.494 e. The lowest BCUT2D eigenvalue weighted by molar-refractivity contribution is 0.386. The summed E-state index contributed by atoms with van der Waals surface area (Å²) in [6.07, 6.45) is 5.28. The van der Waals surface area contributed by atoms with Gasteiger partial charge in [0.25, 0.3) is 5.56 Å². The predicted octanol–water partition coefficient (Wildman–Crippen LogP) is 1.10. The van der Waals surface area contributed by atoms with Crippen molar-refractivity contribution < 1.29 is 9.13 Å². The first-order valence-electron chi connectivity index (χ1n) is 8.42. The van der Waals surface area contributed by atoms with Crippen LogP contribution in [0.3, 0.4) is 0 Å². The molecule has 0 aliphatic rings. The summed E-state index contributed by atoms with van der Waals surface area (Å²) < 4.78 is 22.6. The third kappa shape index (κ3) is 3.06. The van der Waals surface area contributed by atoms with Gasteiger partial charge in [-0.15, -0.1) is 6.42 Å². The lowest BCUT2D eigenvalue weighted by Crippen LogP contribution is -2.40. The van der Waals surface area contributed by atoms with Gasteiger partial charge in [0.1, 0.15) is 0 Å². The van der Waals surface area contributed by atoms with E-state index in [0.717, 1.165) is 4.57 Å². The van der Waals surface area contributed by atoms with Crippen molar-refractivity contribution in [3.63, 3.8) is 0 Å². The molecule has 0 saturated heterocycles. The molecule has 0 aliphatic carbocycles. The summed E-state index contributed by atoms with van der Waals surface area (Å²) in [5, 5.41) is 0. The average Bonchev–Trinajstić information content (AvgIpc) is 3.00. The van der Waals surface area contributed by atoms with Gasteiger partial charge in [-0.1, -0.05) is 11.8 Å². The molecular formula is C20H17FN4O3. The highest BCUT2D eigenvalue weighted by Gasteiger charge is 2.18. The summed E-state index contributed by atoms with van der Waals surface area (Å²) in [6.45, 7) is 1.95. The van der Waals surface area contributed by atoms with Crippen LogP contribution in [0.1, 0.15) is 18.3 Å². The van der Waals surface area contributed by atoms with Crippen molar-refractivity contribution in [2.45, 2.75) is 20.0 Å². The van der Waals surface area contributed by atoms with Gasteiger partial charge in [-0.05, 0) is 31.0 Å². The Kier molecular flexibility index (Phi) is 5.06. The van der Waals surface area contributed by atoms with E-state index in [0.29, 0.717) is 12.1 Å². The number of fused-ring (bicyclic) bond motifs is 1. The van der Waals surface area contributed by atoms with Crippen LogP contribution < -0.4 is 16.0 Å². The molecule has 7 nitrogen and oxygen atoms in total. The summed E-state index contributed by atoms with van der Waals surface area (Å²) in [6, 6.07) is 4.33. The number of aryl methyl sites for hydroxylation is 2. The summed E-state index contributed by atoms with van der Waals surface area (Å²) >= 11 is 0. The number of nitrogens with zero attached hydrogens (tertiary/aromatic N) is 4. The van der Waals surface area contributed by atoms with Crippen molar-refractivity contribution in [3.05, 3.63) is 56.2 Å². The molecule has 142 valence electrons. The second kappa shape index (κ2) is 7.45. The normalized spacial score (nSPS) is 10.4. The predicted molar refractivity (Wildman–Crippen MR) is 103 cm³/mol. The van der Waals surface area contributed by atoms with Gasteiger partial charge < -0.3 is 9.30 Å². The Morgan fingerprint density at radius 1 is 1.25 bits per heavy atom. The third-order valence-electron chi connectivity index (χ3n) is 4.28. The zero-order valence-corrected chi connectivity index (χ0v) is 15.6. The van der Waals surface area contributed by atoms with Gasteiger partial charge in [0.2, 0.25) is 0 Å². The summed E-state index contributed by atoms with van der Waals surface area (Å²) in [5.41, 5.74) is -0.169. The number of aromatic nitrogens is 4. The lowest BCUT2D eigenvalue weighted by atomic mass is 10.2. The second-order valence-corrected chi connectivity index (χ2v) is 5.89. The number of rotatable bonds is 3.